The van der Waals surface area contributed by atoms with Crippen molar-refractivity contribution in [3.8, 4) is 0 Å². The number of H-pyrrole nitrogens is 1. The molecule has 0 aliphatic carbocycles. The van der Waals surface area contributed by atoms with E-state index in [0.717, 1.165) is 13.1 Å². The molecule has 142 valence electrons. The van der Waals surface area contributed by atoms with Crippen LogP contribution in [-0.2, 0) is 23.1 Å². The maximum atomic E-state index is 12.4. The van der Waals surface area contributed by atoms with Crippen molar-refractivity contribution in [1.29, 1.82) is 0 Å². The molecule has 0 amide bonds. The fourth-order valence-electron chi connectivity index (χ4n) is 3.57. The van der Waals surface area contributed by atoms with Gasteiger partial charge in [0.2, 0.25) is 0 Å². The van der Waals surface area contributed by atoms with E-state index in [4.69, 9.17) is 4.74 Å². The summed E-state index contributed by atoms with van der Waals surface area (Å²) in [5.74, 6) is 0.512. The summed E-state index contributed by atoms with van der Waals surface area (Å²) in [5, 5.41) is 0. The van der Waals surface area contributed by atoms with E-state index >= 15 is 0 Å². The van der Waals surface area contributed by atoms with Crippen LogP contribution in [0, 0.1) is 0 Å². The minimum atomic E-state index is -0.551. The molecule has 0 spiro atoms. The number of morpholine rings is 1. The first-order valence-corrected chi connectivity index (χ1v) is 8.77. The van der Waals surface area contributed by atoms with Crippen LogP contribution >= 0.6 is 0 Å². The highest BCUT2D eigenvalue weighted by Crippen LogP contribution is 2.21. The van der Waals surface area contributed by atoms with E-state index in [1.165, 1.54) is 11.5 Å². The van der Waals surface area contributed by atoms with Gasteiger partial charge < -0.3 is 9.30 Å². The molecule has 3 rings (SSSR count). The van der Waals surface area contributed by atoms with Gasteiger partial charge in [-0.1, -0.05) is 0 Å². The van der Waals surface area contributed by atoms with E-state index in [0.29, 0.717) is 12.4 Å². The number of rotatable bonds is 4. The lowest BCUT2D eigenvalue weighted by atomic mass is 10.2. The number of carbonyl (C=O) groups excluding carboxylic acids is 1. The van der Waals surface area contributed by atoms with Crippen molar-refractivity contribution in [3.63, 3.8) is 0 Å². The van der Waals surface area contributed by atoms with Gasteiger partial charge in [0.15, 0.2) is 16.9 Å². The summed E-state index contributed by atoms with van der Waals surface area (Å²) >= 11 is 0. The largest absolute Gasteiger partial charge is 0.373 e. The molecule has 0 radical (unpaired) electrons. The highest BCUT2D eigenvalue weighted by molar-refractivity contribution is 5.82. The molecule has 0 unspecified atom stereocenters. The Bertz CT molecular complexity index is 946. The van der Waals surface area contributed by atoms with Gasteiger partial charge in [0.05, 0.1) is 24.8 Å². The smallest absolute Gasteiger partial charge is 0.329 e. The van der Waals surface area contributed by atoms with E-state index in [2.05, 4.69) is 14.9 Å². The van der Waals surface area contributed by atoms with Crippen molar-refractivity contribution >= 4 is 16.9 Å². The second-order valence-electron chi connectivity index (χ2n) is 7.13. The lowest BCUT2D eigenvalue weighted by molar-refractivity contribution is -0.119. The molecule has 0 aromatic carbocycles. The van der Waals surface area contributed by atoms with Crippen LogP contribution in [-0.4, -0.2) is 55.1 Å². The molecule has 3 atom stereocenters. The number of nitrogens with one attached hydrogen (secondary N) is 1. The van der Waals surface area contributed by atoms with Crippen molar-refractivity contribution in [3.05, 3.63) is 26.7 Å². The molecule has 1 saturated heterocycles. The maximum absolute atomic E-state index is 12.4. The fraction of sp³-hybridized carbons (Fsp3) is 0.647. The summed E-state index contributed by atoms with van der Waals surface area (Å²) in [6.45, 7) is 9.18. The molecule has 0 bridgehead atoms. The zero-order chi connectivity index (χ0) is 19.2. The highest BCUT2D eigenvalue weighted by Gasteiger charge is 2.27. The first-order valence-electron chi connectivity index (χ1n) is 8.77. The maximum Gasteiger partial charge on any atom is 0.329 e. The van der Waals surface area contributed by atoms with Crippen molar-refractivity contribution in [2.24, 2.45) is 7.05 Å². The number of aryl methyl sites for hydroxylation is 1. The van der Waals surface area contributed by atoms with Crippen LogP contribution in [0.1, 0.15) is 39.6 Å². The van der Waals surface area contributed by atoms with Gasteiger partial charge in [-0.05, 0) is 27.7 Å². The predicted octanol–water partition coefficient (Wildman–Crippen LogP) is 0.183. The minimum Gasteiger partial charge on any atom is -0.373 e. The summed E-state index contributed by atoms with van der Waals surface area (Å²) < 4.78 is 8.71. The average Bonchev–Trinajstić information content (AvgIpc) is 2.90. The quantitative estimate of drug-likeness (QED) is 0.832. The van der Waals surface area contributed by atoms with Crippen LogP contribution in [0.4, 0.5) is 0 Å². The number of carbonyl (C=O) groups is 1. The predicted molar refractivity (Wildman–Crippen MR) is 96.3 cm³/mol. The van der Waals surface area contributed by atoms with Gasteiger partial charge in [0.1, 0.15) is 5.82 Å². The molecule has 0 saturated carbocycles. The molecule has 9 nitrogen and oxygen atoms in total. The Balaban J connectivity index is 2.15. The number of aromatic amines is 1. The molecule has 2 aromatic heterocycles. The normalized spacial score (nSPS) is 22.7. The van der Waals surface area contributed by atoms with Gasteiger partial charge in [-0.15, -0.1) is 0 Å². The van der Waals surface area contributed by atoms with E-state index in [-0.39, 0.29) is 29.2 Å². The Kier molecular flexibility index (Phi) is 4.85. The first kappa shape index (κ1) is 18.5. The monoisotopic (exact) mass is 363 g/mol. The lowest BCUT2D eigenvalue weighted by Gasteiger charge is -2.35. The Hall–Kier alpha value is -2.26. The minimum absolute atomic E-state index is 0.0810. The summed E-state index contributed by atoms with van der Waals surface area (Å²) in [7, 11) is 1.55. The van der Waals surface area contributed by atoms with E-state index in [9.17, 15) is 14.4 Å². The third-order valence-electron chi connectivity index (χ3n) is 4.86. The van der Waals surface area contributed by atoms with Crippen molar-refractivity contribution < 1.29 is 9.53 Å². The number of nitrogens with zero attached hydrogens (tertiary/aromatic N) is 4. The van der Waals surface area contributed by atoms with Gasteiger partial charge in [-0.25, -0.2) is 9.78 Å². The van der Waals surface area contributed by atoms with Crippen molar-refractivity contribution in [2.75, 3.05) is 13.1 Å². The highest BCUT2D eigenvalue weighted by atomic mass is 16.5. The average molecular weight is 363 g/mol. The number of fused-ring (bicyclic) bond motifs is 1. The number of imidazole rings is 1. The molecule has 2 aromatic rings. The van der Waals surface area contributed by atoms with Gasteiger partial charge >= 0.3 is 5.69 Å². The molecule has 1 aliphatic heterocycles. The van der Waals surface area contributed by atoms with Crippen LogP contribution in [0.3, 0.4) is 0 Å². The van der Waals surface area contributed by atoms with E-state index < -0.39 is 17.3 Å². The summed E-state index contributed by atoms with van der Waals surface area (Å²) in [5.41, 5.74) is -0.517. The second kappa shape index (κ2) is 6.81. The molecule has 1 N–H and O–H groups in total. The standard InChI is InChI=1S/C17H25N5O4/c1-9-6-21(7-10(2)26-9)8-13-18-15-14(22(13)11(3)12(4)23)16(24)19-17(25)20(15)5/h9-11H,6-8H2,1-5H3,(H,19,24,25)/t9-,10+,11-/m0/s1. The molecular formula is C17H25N5O4. The molecule has 9 heteroatoms. The SMILES string of the molecule is CC(=O)[C@H](C)n1c(CN2C[C@@H](C)O[C@@H](C)C2)nc2c1c(=O)[nH]c(=O)n2C. The number of hydrogen-bond acceptors (Lipinski definition) is 6. The van der Waals surface area contributed by atoms with Crippen LogP contribution in [0.25, 0.3) is 11.2 Å². The second-order valence-corrected chi connectivity index (χ2v) is 7.13. The number of hydrogen-bond donors (Lipinski definition) is 1. The van der Waals surface area contributed by atoms with Crippen LogP contribution in [0.2, 0.25) is 0 Å². The molecular weight excluding hydrogens is 338 g/mol. The van der Waals surface area contributed by atoms with Gasteiger partial charge in [0.25, 0.3) is 5.56 Å². The lowest BCUT2D eigenvalue weighted by Crippen LogP contribution is -2.45. The van der Waals surface area contributed by atoms with Gasteiger partial charge in [-0.3, -0.25) is 24.0 Å². The van der Waals surface area contributed by atoms with E-state index in [1.807, 2.05) is 13.8 Å². The van der Waals surface area contributed by atoms with Crippen molar-refractivity contribution in [2.45, 2.75) is 52.5 Å². The number of ether oxygens (including phenoxy) is 1. The Morgan fingerprint density at radius 2 is 1.92 bits per heavy atom. The Morgan fingerprint density at radius 3 is 2.50 bits per heavy atom. The first-order chi connectivity index (χ1) is 12.2. The topological polar surface area (TPSA) is 102 Å². The van der Waals surface area contributed by atoms with Crippen LogP contribution in [0.5, 0.6) is 0 Å². The number of ketones is 1. The summed E-state index contributed by atoms with van der Waals surface area (Å²) in [6, 6.07) is -0.551. The molecule has 1 aliphatic rings. The Labute approximate surface area is 150 Å². The van der Waals surface area contributed by atoms with Crippen LogP contribution in [0.15, 0.2) is 9.59 Å². The number of aromatic nitrogens is 4. The van der Waals surface area contributed by atoms with Crippen LogP contribution < -0.4 is 11.2 Å². The summed E-state index contributed by atoms with van der Waals surface area (Å²) in [6.07, 6.45) is 0.184. The fourth-order valence-corrected chi connectivity index (χ4v) is 3.57. The third-order valence-corrected chi connectivity index (χ3v) is 4.86. The zero-order valence-corrected chi connectivity index (χ0v) is 15.8. The van der Waals surface area contributed by atoms with E-state index in [1.54, 1.807) is 18.5 Å². The zero-order valence-electron chi connectivity index (χ0n) is 15.8. The van der Waals surface area contributed by atoms with Gasteiger partial charge in [0, 0.05) is 20.1 Å². The number of Topliss-reactive ketones (excluding diaryl/α,β-unsaturated/α-hetero) is 1. The Morgan fingerprint density at radius 1 is 1.31 bits per heavy atom. The molecule has 3 heterocycles. The molecule has 26 heavy (non-hydrogen) atoms. The van der Waals surface area contributed by atoms with Gasteiger partial charge in [-0.2, -0.15) is 0 Å². The third kappa shape index (κ3) is 3.24. The van der Waals surface area contributed by atoms with Crippen molar-refractivity contribution in [1.82, 2.24) is 24.0 Å². The summed E-state index contributed by atoms with van der Waals surface area (Å²) in [4.78, 5) is 45.4. The molecule has 1 fully saturated rings.